The second kappa shape index (κ2) is 6.15. The highest BCUT2D eigenvalue weighted by molar-refractivity contribution is 5.26. The van der Waals surface area contributed by atoms with Crippen LogP contribution >= 0.6 is 0 Å². The van der Waals surface area contributed by atoms with Crippen molar-refractivity contribution in [2.24, 2.45) is 0 Å². The summed E-state index contributed by atoms with van der Waals surface area (Å²) < 4.78 is 5.25. The lowest BCUT2D eigenvalue weighted by molar-refractivity contribution is 0.177. The average molecular weight is 234 g/mol. The summed E-state index contributed by atoms with van der Waals surface area (Å²) in [6, 6.07) is 9.16. The number of methoxy groups -OCH3 is 1. The van der Waals surface area contributed by atoms with Gasteiger partial charge >= 0.3 is 0 Å². The van der Waals surface area contributed by atoms with E-state index in [9.17, 15) is 0 Å². The van der Waals surface area contributed by atoms with E-state index in [1.165, 1.54) is 11.1 Å². The molecule has 0 aromatic heterocycles. The minimum Gasteiger partial charge on any atom is -0.380 e. The molecule has 94 valence electrons. The van der Waals surface area contributed by atoms with E-state index >= 15 is 0 Å². The van der Waals surface area contributed by atoms with Crippen LogP contribution in [0.25, 0.3) is 0 Å². The van der Waals surface area contributed by atoms with Gasteiger partial charge in [0.2, 0.25) is 0 Å². The molecule has 0 radical (unpaired) electrons. The number of nitrogens with zero attached hydrogens (tertiary/aromatic N) is 1. The molecule has 0 bridgehead atoms. The fraction of sp³-hybridized carbons (Fsp3) is 0.571. The van der Waals surface area contributed by atoms with Gasteiger partial charge in [-0.15, -0.1) is 0 Å². The van der Waals surface area contributed by atoms with Crippen molar-refractivity contribution in [3.8, 4) is 0 Å². The normalized spacial score (nSPS) is 21.6. The maximum atomic E-state index is 5.25. The van der Waals surface area contributed by atoms with Crippen LogP contribution in [-0.4, -0.2) is 37.7 Å². The maximum Gasteiger partial charge on any atom is 0.0716 e. The van der Waals surface area contributed by atoms with Crippen molar-refractivity contribution in [2.75, 3.05) is 26.7 Å². The van der Waals surface area contributed by atoms with Crippen LogP contribution in [0, 0.1) is 0 Å². The zero-order valence-electron chi connectivity index (χ0n) is 10.8. The Kier molecular flexibility index (Phi) is 4.54. The molecule has 0 amide bonds. The van der Waals surface area contributed by atoms with Gasteiger partial charge in [0, 0.05) is 39.3 Å². The molecule has 1 aliphatic heterocycles. The Hall–Kier alpha value is -0.900. The summed E-state index contributed by atoms with van der Waals surface area (Å²) >= 11 is 0. The molecule has 0 aliphatic carbocycles. The van der Waals surface area contributed by atoms with E-state index in [1.54, 1.807) is 7.11 Å². The molecule has 1 unspecified atom stereocenters. The predicted molar refractivity (Wildman–Crippen MR) is 69.9 cm³/mol. The van der Waals surface area contributed by atoms with Gasteiger partial charge in [-0.25, -0.2) is 0 Å². The molecule has 1 fully saturated rings. The van der Waals surface area contributed by atoms with Gasteiger partial charge in [0.1, 0.15) is 0 Å². The second-order valence-corrected chi connectivity index (χ2v) is 4.79. The van der Waals surface area contributed by atoms with Crippen molar-refractivity contribution < 1.29 is 4.74 Å². The lowest BCUT2D eigenvalue weighted by atomic mass is 10.1. The zero-order chi connectivity index (χ0) is 12.1. The Balaban J connectivity index is 2.01. The van der Waals surface area contributed by atoms with Crippen molar-refractivity contribution in [3.63, 3.8) is 0 Å². The molecule has 1 heterocycles. The van der Waals surface area contributed by atoms with Crippen molar-refractivity contribution in [3.05, 3.63) is 35.4 Å². The molecule has 1 saturated heterocycles. The highest BCUT2D eigenvalue weighted by Crippen LogP contribution is 2.13. The number of hydrogen-bond acceptors (Lipinski definition) is 3. The predicted octanol–water partition coefficient (Wildman–Crippen LogP) is 1.63. The quantitative estimate of drug-likeness (QED) is 0.857. The van der Waals surface area contributed by atoms with E-state index < -0.39 is 0 Å². The molecule has 3 nitrogen and oxygen atoms in total. The standard InChI is InChI=1S/C14H22N2O/c1-12-9-16(8-7-15-12)10-13-5-3-4-6-14(13)11-17-2/h3-6,12,15H,7-11H2,1-2H3. The molecule has 1 aliphatic rings. The zero-order valence-corrected chi connectivity index (χ0v) is 10.8. The highest BCUT2D eigenvalue weighted by Gasteiger charge is 2.16. The summed E-state index contributed by atoms with van der Waals surface area (Å²) in [5, 5.41) is 3.47. The van der Waals surface area contributed by atoms with Crippen LogP contribution in [0.2, 0.25) is 0 Å². The maximum absolute atomic E-state index is 5.25. The van der Waals surface area contributed by atoms with Crippen molar-refractivity contribution in [1.82, 2.24) is 10.2 Å². The molecular formula is C14H22N2O. The van der Waals surface area contributed by atoms with Crippen LogP contribution in [0.4, 0.5) is 0 Å². The fourth-order valence-corrected chi connectivity index (χ4v) is 2.40. The summed E-state index contributed by atoms with van der Waals surface area (Å²) in [6.07, 6.45) is 0. The van der Waals surface area contributed by atoms with Gasteiger partial charge < -0.3 is 10.1 Å². The second-order valence-electron chi connectivity index (χ2n) is 4.79. The van der Waals surface area contributed by atoms with Crippen LogP contribution in [0.5, 0.6) is 0 Å². The van der Waals surface area contributed by atoms with Gasteiger partial charge in [-0.05, 0) is 18.1 Å². The Labute approximate surface area is 104 Å². The lowest BCUT2D eigenvalue weighted by Gasteiger charge is -2.32. The summed E-state index contributed by atoms with van der Waals surface area (Å²) in [5.74, 6) is 0. The van der Waals surface area contributed by atoms with Crippen LogP contribution in [-0.2, 0) is 17.9 Å². The van der Waals surface area contributed by atoms with Gasteiger partial charge in [0.05, 0.1) is 6.61 Å². The number of benzene rings is 1. The molecular weight excluding hydrogens is 212 g/mol. The van der Waals surface area contributed by atoms with Crippen molar-refractivity contribution in [1.29, 1.82) is 0 Å². The van der Waals surface area contributed by atoms with Crippen LogP contribution < -0.4 is 5.32 Å². The molecule has 0 saturated carbocycles. The molecule has 1 aromatic rings. The lowest BCUT2D eigenvalue weighted by Crippen LogP contribution is -2.48. The third-order valence-corrected chi connectivity index (χ3v) is 3.27. The Morgan fingerprint density at radius 2 is 2.12 bits per heavy atom. The first-order chi connectivity index (χ1) is 8.29. The molecule has 1 aromatic carbocycles. The molecule has 2 rings (SSSR count). The first kappa shape index (κ1) is 12.6. The third-order valence-electron chi connectivity index (χ3n) is 3.27. The Morgan fingerprint density at radius 1 is 1.35 bits per heavy atom. The highest BCUT2D eigenvalue weighted by atomic mass is 16.5. The van der Waals surface area contributed by atoms with Crippen LogP contribution in [0.1, 0.15) is 18.1 Å². The molecule has 0 spiro atoms. The van der Waals surface area contributed by atoms with E-state index in [0.717, 1.165) is 26.2 Å². The minimum absolute atomic E-state index is 0.596. The van der Waals surface area contributed by atoms with E-state index in [1.807, 2.05) is 0 Å². The van der Waals surface area contributed by atoms with E-state index in [4.69, 9.17) is 4.74 Å². The van der Waals surface area contributed by atoms with Gasteiger partial charge in [-0.3, -0.25) is 4.90 Å². The monoisotopic (exact) mass is 234 g/mol. The average Bonchev–Trinajstić information content (AvgIpc) is 2.32. The first-order valence-corrected chi connectivity index (χ1v) is 6.31. The molecule has 1 N–H and O–H groups in total. The SMILES string of the molecule is COCc1ccccc1CN1CCNC(C)C1. The summed E-state index contributed by atoms with van der Waals surface area (Å²) in [7, 11) is 1.75. The van der Waals surface area contributed by atoms with Gasteiger partial charge in [-0.1, -0.05) is 24.3 Å². The molecule has 3 heteroatoms. The fourth-order valence-electron chi connectivity index (χ4n) is 2.40. The van der Waals surface area contributed by atoms with Gasteiger partial charge in [0.15, 0.2) is 0 Å². The van der Waals surface area contributed by atoms with Crippen LogP contribution in [0.15, 0.2) is 24.3 Å². The smallest absolute Gasteiger partial charge is 0.0716 e. The van der Waals surface area contributed by atoms with E-state index in [-0.39, 0.29) is 0 Å². The Bertz CT molecular complexity index is 354. The van der Waals surface area contributed by atoms with Gasteiger partial charge in [-0.2, -0.15) is 0 Å². The summed E-state index contributed by atoms with van der Waals surface area (Å²) in [5.41, 5.74) is 2.70. The summed E-state index contributed by atoms with van der Waals surface area (Å²) in [6.45, 7) is 7.33. The number of nitrogens with one attached hydrogen (secondary N) is 1. The third kappa shape index (κ3) is 3.53. The van der Waals surface area contributed by atoms with Crippen LogP contribution in [0.3, 0.4) is 0 Å². The number of piperazine rings is 1. The van der Waals surface area contributed by atoms with Crippen molar-refractivity contribution >= 4 is 0 Å². The molecule has 17 heavy (non-hydrogen) atoms. The number of hydrogen-bond donors (Lipinski definition) is 1. The number of rotatable bonds is 4. The number of ether oxygens (including phenoxy) is 1. The first-order valence-electron chi connectivity index (χ1n) is 6.31. The van der Waals surface area contributed by atoms with Crippen molar-refractivity contribution in [2.45, 2.75) is 26.1 Å². The largest absolute Gasteiger partial charge is 0.380 e. The Morgan fingerprint density at radius 3 is 2.82 bits per heavy atom. The van der Waals surface area contributed by atoms with Gasteiger partial charge in [0.25, 0.3) is 0 Å². The summed E-state index contributed by atoms with van der Waals surface area (Å²) in [4.78, 5) is 2.51. The molecule has 1 atom stereocenters. The topological polar surface area (TPSA) is 24.5 Å². The minimum atomic E-state index is 0.596. The van der Waals surface area contributed by atoms with E-state index in [2.05, 4.69) is 41.4 Å². The van der Waals surface area contributed by atoms with E-state index in [0.29, 0.717) is 12.6 Å².